The number of hydrogen-bond donors (Lipinski definition) is 1. The highest BCUT2D eigenvalue weighted by atomic mass is 28.4. The van der Waals surface area contributed by atoms with Crippen LogP contribution in [-0.4, -0.2) is 40.1 Å². The maximum Gasteiger partial charge on any atom is 0.192 e. The van der Waals surface area contributed by atoms with Crippen LogP contribution in [0.25, 0.3) is 0 Å². The SMILES string of the molecule is CCC(C)(/C=C/C=C/[C@@H](C)C1CCC2/C(=C/C=C3C[C@H](O[Si](C)(C)C(C)(C)C)C(O)[C@H](O[Si](C)(C)C(C)(C)C)C3)CCCC21C)CC. The fraction of sp³-hybridized carbons (Fsp3) is 0.810. The number of rotatable bonds is 11. The van der Waals surface area contributed by atoms with Gasteiger partial charge in [0, 0.05) is 0 Å². The maximum atomic E-state index is 11.7. The Morgan fingerprint density at radius 2 is 1.38 bits per heavy atom. The predicted molar refractivity (Wildman–Crippen MR) is 210 cm³/mol. The van der Waals surface area contributed by atoms with Gasteiger partial charge in [0.05, 0.1) is 12.2 Å². The summed E-state index contributed by atoms with van der Waals surface area (Å²) in [5.41, 5.74) is 3.70. The Kier molecular flexibility index (Phi) is 13.2. The van der Waals surface area contributed by atoms with Gasteiger partial charge in [0.15, 0.2) is 16.6 Å². The van der Waals surface area contributed by atoms with E-state index in [1.807, 2.05) is 0 Å². The third-order valence-corrected chi connectivity index (χ3v) is 23.0. The van der Waals surface area contributed by atoms with Crippen molar-refractivity contribution >= 4 is 16.6 Å². The highest BCUT2D eigenvalue weighted by Crippen LogP contribution is 2.59. The zero-order valence-electron chi connectivity index (χ0n) is 33.6. The average Bonchev–Trinajstić information content (AvgIpc) is 3.32. The van der Waals surface area contributed by atoms with Gasteiger partial charge >= 0.3 is 0 Å². The van der Waals surface area contributed by atoms with Crippen LogP contribution in [0.5, 0.6) is 0 Å². The molecule has 3 saturated carbocycles. The zero-order valence-corrected chi connectivity index (χ0v) is 35.6. The van der Waals surface area contributed by atoms with Gasteiger partial charge in [-0.25, -0.2) is 0 Å². The Labute approximate surface area is 294 Å². The molecule has 4 unspecified atom stereocenters. The number of aliphatic hydroxyl groups is 1. The van der Waals surface area contributed by atoms with E-state index in [0.717, 1.165) is 18.8 Å². The minimum Gasteiger partial charge on any atom is -0.411 e. The van der Waals surface area contributed by atoms with Gasteiger partial charge in [-0.3, -0.25) is 0 Å². The lowest BCUT2D eigenvalue weighted by Crippen LogP contribution is -2.55. The van der Waals surface area contributed by atoms with Crippen LogP contribution in [0.2, 0.25) is 36.3 Å². The molecule has 5 heteroatoms. The largest absolute Gasteiger partial charge is 0.411 e. The molecule has 7 atom stereocenters. The van der Waals surface area contributed by atoms with E-state index in [4.69, 9.17) is 8.85 Å². The van der Waals surface area contributed by atoms with Crippen LogP contribution in [0.4, 0.5) is 0 Å². The van der Waals surface area contributed by atoms with Crippen molar-refractivity contribution in [2.24, 2.45) is 28.6 Å². The molecule has 3 rings (SSSR count). The summed E-state index contributed by atoms with van der Waals surface area (Å²) < 4.78 is 13.9. The van der Waals surface area contributed by atoms with Gasteiger partial charge in [0.1, 0.15) is 6.10 Å². The molecule has 0 aromatic rings. The van der Waals surface area contributed by atoms with Gasteiger partial charge < -0.3 is 14.0 Å². The van der Waals surface area contributed by atoms with E-state index in [1.165, 1.54) is 50.5 Å². The van der Waals surface area contributed by atoms with Crippen molar-refractivity contribution in [2.75, 3.05) is 0 Å². The van der Waals surface area contributed by atoms with Crippen LogP contribution in [0.3, 0.4) is 0 Å². The lowest BCUT2D eigenvalue weighted by molar-refractivity contribution is -0.0604. The number of allylic oxidation sites excluding steroid dienone is 7. The van der Waals surface area contributed by atoms with Crippen LogP contribution in [0, 0.1) is 28.6 Å². The van der Waals surface area contributed by atoms with Crippen LogP contribution in [-0.2, 0) is 8.85 Å². The molecule has 3 aliphatic rings. The summed E-state index contributed by atoms with van der Waals surface area (Å²) >= 11 is 0. The van der Waals surface area contributed by atoms with Crippen molar-refractivity contribution in [2.45, 2.75) is 189 Å². The van der Waals surface area contributed by atoms with E-state index in [-0.39, 0.29) is 22.3 Å². The molecule has 3 aliphatic carbocycles. The second-order valence-electron chi connectivity index (χ2n) is 19.4. The molecule has 0 amide bonds. The molecule has 270 valence electrons. The average molecular weight is 685 g/mol. The molecule has 3 nitrogen and oxygen atoms in total. The maximum absolute atomic E-state index is 11.7. The number of hydrogen-bond acceptors (Lipinski definition) is 3. The molecule has 3 fully saturated rings. The van der Waals surface area contributed by atoms with Crippen LogP contribution >= 0.6 is 0 Å². The van der Waals surface area contributed by atoms with E-state index in [1.54, 1.807) is 5.57 Å². The summed E-state index contributed by atoms with van der Waals surface area (Å²) in [6.45, 7) is 35.0. The van der Waals surface area contributed by atoms with Crippen molar-refractivity contribution < 1.29 is 14.0 Å². The van der Waals surface area contributed by atoms with Crippen LogP contribution < -0.4 is 0 Å². The van der Waals surface area contributed by atoms with Crippen molar-refractivity contribution in [3.05, 3.63) is 47.6 Å². The Hall–Kier alpha value is -0.726. The Morgan fingerprint density at radius 3 is 1.87 bits per heavy atom. The van der Waals surface area contributed by atoms with E-state index < -0.39 is 22.7 Å². The van der Waals surface area contributed by atoms with Crippen molar-refractivity contribution in [3.8, 4) is 0 Å². The molecular weight excluding hydrogens is 609 g/mol. The van der Waals surface area contributed by atoms with Gasteiger partial charge in [-0.2, -0.15) is 0 Å². The Balaban J connectivity index is 1.85. The quantitative estimate of drug-likeness (QED) is 0.174. The molecule has 0 aromatic carbocycles. The molecule has 47 heavy (non-hydrogen) atoms. The van der Waals surface area contributed by atoms with E-state index >= 15 is 0 Å². The fourth-order valence-electron chi connectivity index (χ4n) is 8.07. The normalized spacial score (nSPS) is 32.6. The van der Waals surface area contributed by atoms with E-state index in [2.05, 4.69) is 139 Å². The van der Waals surface area contributed by atoms with Gasteiger partial charge in [-0.05, 0) is 123 Å². The fourth-order valence-corrected chi connectivity index (χ4v) is 10.7. The summed E-state index contributed by atoms with van der Waals surface area (Å²) in [5.74, 6) is 1.98. The van der Waals surface area contributed by atoms with Gasteiger partial charge in [-0.15, -0.1) is 0 Å². The first-order chi connectivity index (χ1) is 21.5. The molecule has 0 heterocycles. The first-order valence-corrected chi connectivity index (χ1v) is 25.1. The standard InChI is InChI=1S/C42H76O3Si2/c1-16-41(10,17-2)27-19-18-21-31(3)34-25-26-35-33(22-20-28-42(34,35)11)24-23-32-29-36(44-46(12,13)39(4,5)6)38(43)37(30-32)45-47(14,15)40(7,8)9/h18-19,21,23-24,27,31,34-38,43H,16-17,20,22,25-26,28-30H2,1-15H3/b21-18+,27-19+,32-23?,33-24+/t31-,34?,35?,36-,37+,38?,42?/m1/s1. The second-order valence-corrected chi connectivity index (χ2v) is 28.9. The van der Waals surface area contributed by atoms with Gasteiger partial charge in [-0.1, -0.05) is 124 Å². The summed E-state index contributed by atoms with van der Waals surface area (Å²) in [6, 6.07) is 0. The van der Waals surface area contributed by atoms with E-state index in [9.17, 15) is 5.11 Å². The second kappa shape index (κ2) is 15.3. The zero-order chi connectivity index (χ0) is 35.6. The third-order valence-electron chi connectivity index (χ3n) is 14.0. The monoisotopic (exact) mass is 685 g/mol. The summed E-state index contributed by atoms with van der Waals surface area (Å²) in [5, 5.41) is 11.9. The molecule has 0 spiro atoms. The molecule has 1 N–H and O–H groups in total. The first kappa shape index (κ1) is 40.7. The summed E-state index contributed by atoms with van der Waals surface area (Å²) in [6.07, 6.45) is 23.9. The van der Waals surface area contributed by atoms with Crippen molar-refractivity contribution in [3.63, 3.8) is 0 Å². The number of fused-ring (bicyclic) bond motifs is 1. The third kappa shape index (κ3) is 9.54. The van der Waals surface area contributed by atoms with Gasteiger partial charge in [0.2, 0.25) is 0 Å². The van der Waals surface area contributed by atoms with Gasteiger partial charge in [0.25, 0.3) is 0 Å². The van der Waals surface area contributed by atoms with Crippen molar-refractivity contribution in [1.29, 1.82) is 0 Å². The smallest absolute Gasteiger partial charge is 0.192 e. The lowest BCUT2D eigenvalue weighted by atomic mass is 9.61. The Morgan fingerprint density at radius 1 is 0.851 bits per heavy atom. The van der Waals surface area contributed by atoms with Crippen molar-refractivity contribution in [1.82, 2.24) is 0 Å². The first-order valence-electron chi connectivity index (χ1n) is 19.3. The summed E-state index contributed by atoms with van der Waals surface area (Å²) in [7, 11) is -4.14. The predicted octanol–water partition coefficient (Wildman–Crippen LogP) is 12.6. The minimum absolute atomic E-state index is 0.0889. The molecule has 0 bridgehead atoms. The van der Waals surface area contributed by atoms with Crippen LogP contribution in [0.1, 0.15) is 134 Å². The van der Waals surface area contributed by atoms with Crippen LogP contribution in [0.15, 0.2) is 47.6 Å². The number of aliphatic hydroxyl groups excluding tert-OH is 1. The summed E-state index contributed by atoms with van der Waals surface area (Å²) in [4.78, 5) is 0. The lowest BCUT2D eigenvalue weighted by Gasteiger charge is -2.47. The molecule has 0 saturated heterocycles. The van der Waals surface area contributed by atoms with E-state index in [0.29, 0.717) is 22.7 Å². The highest BCUT2D eigenvalue weighted by Gasteiger charge is 2.51. The minimum atomic E-state index is -2.07. The molecule has 0 radical (unpaired) electrons. The Bertz CT molecular complexity index is 1120. The topological polar surface area (TPSA) is 38.7 Å². The molecular formula is C42H76O3Si2. The molecule has 0 aliphatic heterocycles. The highest BCUT2D eigenvalue weighted by molar-refractivity contribution is 6.74. The molecule has 0 aromatic heterocycles.